The summed E-state index contributed by atoms with van der Waals surface area (Å²) in [5, 5.41) is 9.66. The molecule has 2 amide bonds. The van der Waals surface area contributed by atoms with Gasteiger partial charge in [-0.3, -0.25) is 14.5 Å². The average molecular weight is 429 g/mol. The second kappa shape index (κ2) is 10.9. The fraction of sp³-hybridized carbons (Fsp3) is 0.600. The Hall–Kier alpha value is -2.18. The molecule has 1 saturated heterocycles. The first-order valence-electron chi connectivity index (χ1n) is 11.6. The van der Waals surface area contributed by atoms with Crippen molar-refractivity contribution >= 4 is 17.4 Å². The second-order valence-corrected chi connectivity index (χ2v) is 8.76. The van der Waals surface area contributed by atoms with Crippen LogP contribution in [0.1, 0.15) is 55.7 Å². The van der Waals surface area contributed by atoms with Gasteiger partial charge >= 0.3 is 0 Å². The lowest BCUT2D eigenvalue weighted by Crippen LogP contribution is -2.40. The van der Waals surface area contributed by atoms with Gasteiger partial charge in [0.2, 0.25) is 0 Å². The largest absolute Gasteiger partial charge is 0.396 e. The molecule has 3 rings (SSSR count). The molecule has 1 N–H and O–H groups in total. The van der Waals surface area contributed by atoms with Crippen molar-refractivity contribution in [3.05, 3.63) is 40.6 Å². The summed E-state index contributed by atoms with van der Waals surface area (Å²) in [4.78, 5) is 30.3. The lowest BCUT2D eigenvalue weighted by atomic mass is 9.95. The Kier molecular flexibility index (Phi) is 8.27. The molecule has 1 fully saturated rings. The maximum Gasteiger partial charge on any atom is 0.277 e. The zero-order valence-electron chi connectivity index (χ0n) is 19.2. The Balaban J connectivity index is 1.86. The highest BCUT2D eigenvalue weighted by molar-refractivity contribution is 6.35. The van der Waals surface area contributed by atoms with Crippen LogP contribution in [0.4, 0.5) is 0 Å². The SMILES string of the molecule is CCCCOCCCN1C(=O)C(c2ccc(C)cc2C)=C(N2CCCC(CO)C2)C1=O. The lowest BCUT2D eigenvalue weighted by molar-refractivity contribution is -0.137. The second-order valence-electron chi connectivity index (χ2n) is 8.76. The van der Waals surface area contributed by atoms with E-state index in [-0.39, 0.29) is 24.3 Å². The van der Waals surface area contributed by atoms with Gasteiger partial charge in [-0.2, -0.15) is 0 Å². The van der Waals surface area contributed by atoms with E-state index in [1.807, 2.05) is 30.9 Å². The van der Waals surface area contributed by atoms with Gasteiger partial charge in [-0.15, -0.1) is 0 Å². The van der Waals surface area contributed by atoms with Gasteiger partial charge in [-0.25, -0.2) is 0 Å². The van der Waals surface area contributed by atoms with Gasteiger partial charge in [0.1, 0.15) is 5.70 Å². The first-order chi connectivity index (χ1) is 15.0. The lowest BCUT2D eigenvalue weighted by Gasteiger charge is -2.34. The zero-order chi connectivity index (χ0) is 22.4. The van der Waals surface area contributed by atoms with Crippen LogP contribution >= 0.6 is 0 Å². The predicted octanol–water partition coefficient (Wildman–Crippen LogP) is 3.29. The fourth-order valence-electron chi connectivity index (χ4n) is 4.49. The molecule has 2 heterocycles. The van der Waals surface area contributed by atoms with E-state index in [1.165, 1.54) is 4.90 Å². The van der Waals surface area contributed by atoms with Crippen molar-refractivity contribution in [3.8, 4) is 0 Å². The number of likely N-dealkylation sites (tertiary alicyclic amines) is 1. The van der Waals surface area contributed by atoms with E-state index in [1.54, 1.807) is 0 Å². The van der Waals surface area contributed by atoms with Crippen LogP contribution in [0.3, 0.4) is 0 Å². The smallest absolute Gasteiger partial charge is 0.277 e. The van der Waals surface area contributed by atoms with Crippen molar-refractivity contribution in [2.24, 2.45) is 5.92 Å². The van der Waals surface area contributed by atoms with Gasteiger partial charge in [0.05, 0.1) is 5.57 Å². The number of aryl methyl sites for hydroxylation is 2. The molecule has 170 valence electrons. The van der Waals surface area contributed by atoms with E-state index in [0.29, 0.717) is 44.0 Å². The molecule has 2 aliphatic rings. The van der Waals surface area contributed by atoms with Crippen LogP contribution < -0.4 is 0 Å². The Morgan fingerprint density at radius 2 is 1.90 bits per heavy atom. The Labute approximate surface area is 185 Å². The average Bonchev–Trinajstić information content (AvgIpc) is 3.00. The third-order valence-electron chi connectivity index (χ3n) is 6.20. The minimum Gasteiger partial charge on any atom is -0.396 e. The van der Waals surface area contributed by atoms with Crippen LogP contribution in [0.5, 0.6) is 0 Å². The molecular weight excluding hydrogens is 392 g/mol. The number of carbonyl (C=O) groups is 2. The van der Waals surface area contributed by atoms with E-state index in [2.05, 4.69) is 13.0 Å². The van der Waals surface area contributed by atoms with E-state index in [0.717, 1.165) is 48.9 Å². The zero-order valence-corrected chi connectivity index (χ0v) is 19.2. The molecule has 0 radical (unpaired) electrons. The molecule has 1 aromatic carbocycles. The number of hydrogen-bond donors (Lipinski definition) is 1. The summed E-state index contributed by atoms with van der Waals surface area (Å²) in [6.45, 7) is 9.18. The Morgan fingerprint density at radius 1 is 1.13 bits per heavy atom. The quantitative estimate of drug-likeness (QED) is 0.457. The first-order valence-corrected chi connectivity index (χ1v) is 11.6. The molecule has 0 spiro atoms. The van der Waals surface area contributed by atoms with Crippen LogP contribution in [0.15, 0.2) is 23.9 Å². The van der Waals surface area contributed by atoms with Crippen molar-refractivity contribution in [1.82, 2.24) is 9.80 Å². The normalized spacial score (nSPS) is 19.7. The highest BCUT2D eigenvalue weighted by Crippen LogP contribution is 2.35. The first kappa shape index (κ1) is 23.5. The van der Waals surface area contributed by atoms with Crippen LogP contribution in [0.25, 0.3) is 5.57 Å². The summed E-state index contributed by atoms with van der Waals surface area (Å²) in [6, 6.07) is 5.99. The molecule has 6 nitrogen and oxygen atoms in total. The van der Waals surface area contributed by atoms with E-state index in [4.69, 9.17) is 4.74 Å². The van der Waals surface area contributed by atoms with Crippen molar-refractivity contribution in [1.29, 1.82) is 0 Å². The monoisotopic (exact) mass is 428 g/mol. The summed E-state index contributed by atoms with van der Waals surface area (Å²) in [7, 11) is 0. The molecular formula is C25H36N2O4. The molecule has 0 bridgehead atoms. The van der Waals surface area contributed by atoms with Gasteiger partial charge in [0.15, 0.2) is 0 Å². The molecule has 1 unspecified atom stereocenters. The predicted molar refractivity (Wildman–Crippen MR) is 121 cm³/mol. The van der Waals surface area contributed by atoms with Gasteiger partial charge in [-0.05, 0) is 56.6 Å². The van der Waals surface area contributed by atoms with Gasteiger partial charge in [0, 0.05) is 39.5 Å². The number of aliphatic hydroxyl groups is 1. The highest BCUT2D eigenvalue weighted by atomic mass is 16.5. The number of imide groups is 1. The van der Waals surface area contributed by atoms with Crippen molar-refractivity contribution in [2.45, 2.75) is 52.9 Å². The molecule has 1 atom stereocenters. The summed E-state index contributed by atoms with van der Waals surface area (Å²) in [5.41, 5.74) is 3.95. The fourth-order valence-corrected chi connectivity index (χ4v) is 4.49. The number of nitrogens with zero attached hydrogens (tertiary/aromatic N) is 2. The van der Waals surface area contributed by atoms with Gasteiger partial charge in [0.25, 0.3) is 11.8 Å². The molecule has 0 aromatic heterocycles. The van der Waals surface area contributed by atoms with E-state index >= 15 is 0 Å². The molecule has 0 saturated carbocycles. The summed E-state index contributed by atoms with van der Waals surface area (Å²) >= 11 is 0. The van der Waals surface area contributed by atoms with Crippen LogP contribution in [0.2, 0.25) is 0 Å². The summed E-state index contributed by atoms with van der Waals surface area (Å²) in [6.07, 6.45) is 4.58. The topological polar surface area (TPSA) is 70.1 Å². The van der Waals surface area contributed by atoms with E-state index in [9.17, 15) is 14.7 Å². The Morgan fingerprint density at radius 3 is 2.61 bits per heavy atom. The number of hydrogen-bond acceptors (Lipinski definition) is 5. The molecule has 1 aromatic rings. The third kappa shape index (κ3) is 5.36. The number of rotatable bonds is 10. The van der Waals surface area contributed by atoms with Crippen LogP contribution in [-0.2, 0) is 14.3 Å². The van der Waals surface area contributed by atoms with Gasteiger partial charge < -0.3 is 14.7 Å². The molecule has 6 heteroatoms. The number of aliphatic hydroxyl groups excluding tert-OH is 1. The minimum absolute atomic E-state index is 0.101. The number of piperidine rings is 1. The van der Waals surface area contributed by atoms with Crippen molar-refractivity contribution in [2.75, 3.05) is 39.5 Å². The summed E-state index contributed by atoms with van der Waals surface area (Å²) in [5.74, 6) is -0.302. The standard InChI is InChI=1S/C25H36N2O4/c1-4-5-13-31-14-7-12-27-24(29)22(21-10-9-18(2)15-19(21)3)23(25(27)30)26-11-6-8-20(16-26)17-28/h9-10,15,20,28H,4-8,11-14,16-17H2,1-3H3. The van der Waals surface area contributed by atoms with Crippen molar-refractivity contribution in [3.63, 3.8) is 0 Å². The van der Waals surface area contributed by atoms with E-state index < -0.39 is 0 Å². The van der Waals surface area contributed by atoms with Crippen molar-refractivity contribution < 1.29 is 19.4 Å². The minimum atomic E-state index is -0.216. The van der Waals surface area contributed by atoms with Gasteiger partial charge in [-0.1, -0.05) is 37.1 Å². The number of carbonyl (C=O) groups excluding carboxylic acids is 2. The molecule has 31 heavy (non-hydrogen) atoms. The Bertz CT molecular complexity index is 833. The molecule has 0 aliphatic carbocycles. The molecule has 2 aliphatic heterocycles. The number of amides is 2. The number of ether oxygens (including phenoxy) is 1. The third-order valence-corrected chi connectivity index (χ3v) is 6.20. The number of benzene rings is 1. The maximum absolute atomic E-state index is 13.5. The van der Waals surface area contributed by atoms with Crippen LogP contribution in [-0.4, -0.2) is 66.2 Å². The number of unbranched alkanes of at least 4 members (excludes halogenated alkanes) is 1. The van der Waals surface area contributed by atoms with Crippen LogP contribution in [0, 0.1) is 19.8 Å². The highest BCUT2D eigenvalue weighted by Gasteiger charge is 2.42. The maximum atomic E-state index is 13.5. The summed E-state index contributed by atoms with van der Waals surface area (Å²) < 4.78 is 5.62.